The number of pyridine rings is 3. The number of nitrogens with one attached hydrogen (secondary N) is 3. The second kappa shape index (κ2) is 31.6. The first kappa shape index (κ1) is 66.6. The van der Waals surface area contributed by atoms with Crippen molar-refractivity contribution in [3.8, 4) is 50.6 Å². The number of nitrogens with two attached hydrogens (primary N) is 3. The zero-order valence-electron chi connectivity index (χ0n) is 48.8. The molecule has 3 atom stereocenters. The van der Waals surface area contributed by atoms with E-state index in [9.17, 15) is 0 Å². The molecule has 0 spiro atoms. The number of ether oxygens (including phenoxy) is 3. The molecule has 9 rings (SSSR count). The molecule has 0 aliphatic heterocycles. The lowest BCUT2D eigenvalue weighted by molar-refractivity contribution is 0.409. The Morgan fingerprint density at radius 2 is 0.655 bits per heavy atom. The summed E-state index contributed by atoms with van der Waals surface area (Å²) in [7, 11) is 4.96. The van der Waals surface area contributed by atoms with Crippen LogP contribution in [0.25, 0.3) is 33.4 Å². The van der Waals surface area contributed by atoms with E-state index < -0.39 is 0 Å². The summed E-state index contributed by atoms with van der Waals surface area (Å²) in [6.45, 7) is 12.0. The first-order valence-electron chi connectivity index (χ1n) is 26.7. The maximum atomic E-state index is 6.61. The highest BCUT2D eigenvalue weighted by Gasteiger charge is 2.26. The van der Waals surface area contributed by atoms with E-state index in [0.717, 1.165) is 84.0 Å². The predicted molar refractivity (Wildman–Crippen MR) is 359 cm³/mol. The number of hydrogen-bond donors (Lipinski definition) is 6. The summed E-state index contributed by atoms with van der Waals surface area (Å²) in [5.41, 5.74) is 28.5. The summed E-state index contributed by atoms with van der Waals surface area (Å²) in [5, 5.41) is 1.94. The van der Waals surface area contributed by atoms with Crippen molar-refractivity contribution in [2.75, 3.05) is 38.5 Å². The highest BCUT2D eigenvalue weighted by Crippen LogP contribution is 2.46. The van der Waals surface area contributed by atoms with Crippen molar-refractivity contribution in [3.05, 3.63) is 227 Å². The maximum Gasteiger partial charge on any atom is 0.131 e. The Labute approximate surface area is 545 Å². The van der Waals surface area contributed by atoms with Crippen LogP contribution in [0.4, 0.5) is 17.5 Å². The smallest absolute Gasteiger partial charge is 0.131 e. The van der Waals surface area contributed by atoms with Gasteiger partial charge in [-0.05, 0) is 122 Å². The van der Waals surface area contributed by atoms with Gasteiger partial charge < -0.3 is 46.4 Å². The standard InChI is InChI=1S/3C21H21BrClN5O/c3*1-12(21-27-8-7-26-18(24)10-17(22)28-21)15-9-16(23)13(2)19(20(15)29-3)14-5-4-6-25-11-14/h3*4-12H,1-3H3,(H2,24,26)(H,27,28)/t2*12-;/m10./s1. The van der Waals surface area contributed by atoms with Crippen molar-refractivity contribution in [1.82, 2.24) is 59.8 Å². The maximum absolute atomic E-state index is 6.61. The SMILES string of the molecule is COc1c(C(C)c2nccnc(N)cc(Br)[nH]2)cc(Cl)c(C)c1-c1cccnc1.COc1c([C@@H](C)c2nccnc(N)cc(Br)[nH]2)cc(Cl)c(C)c1-c1cccnc1.COc1c([C@H](C)c2nccnc(N)cc(Br)[nH]2)cc(Cl)c(C)c1-c1cccnc1. The topological polar surface area (TPSA) is 269 Å². The van der Waals surface area contributed by atoms with Crippen molar-refractivity contribution in [1.29, 1.82) is 0 Å². The summed E-state index contributed by atoms with van der Waals surface area (Å²) in [5.74, 6) is 4.84. The van der Waals surface area contributed by atoms with Gasteiger partial charge in [0.15, 0.2) is 0 Å². The molecule has 87 heavy (non-hydrogen) atoms. The first-order valence-corrected chi connectivity index (χ1v) is 30.2. The minimum Gasteiger partial charge on any atom is -0.496 e. The molecule has 9 aromatic rings. The molecule has 0 bridgehead atoms. The molecule has 24 heteroatoms. The zero-order valence-corrected chi connectivity index (χ0v) is 55.9. The molecule has 0 aliphatic carbocycles. The number of benzene rings is 3. The van der Waals surface area contributed by atoms with Gasteiger partial charge in [-0.3, -0.25) is 15.0 Å². The van der Waals surface area contributed by atoms with Crippen LogP contribution in [0.1, 0.15) is 89.4 Å². The first-order chi connectivity index (χ1) is 41.8. The number of aromatic amines is 3. The number of rotatable bonds is 12. The number of H-pyrrole nitrogens is 3. The zero-order chi connectivity index (χ0) is 62.9. The van der Waals surface area contributed by atoms with Gasteiger partial charge in [0, 0.05) is 175 Å². The minimum absolute atomic E-state index is 0.164. The van der Waals surface area contributed by atoms with E-state index in [1.807, 2.05) is 96.1 Å². The number of halogens is 6. The molecule has 18 nitrogen and oxygen atoms in total. The van der Waals surface area contributed by atoms with E-state index in [2.05, 4.69) is 108 Å². The van der Waals surface area contributed by atoms with Gasteiger partial charge in [-0.15, -0.1) is 0 Å². The number of hydrogen-bond acceptors (Lipinski definition) is 15. The number of methoxy groups -OCH3 is 3. The Morgan fingerprint density at radius 1 is 0.402 bits per heavy atom. The fraction of sp³-hybridized carbons (Fsp3) is 0.190. The summed E-state index contributed by atoms with van der Waals surface area (Å²) >= 11 is 30.2. The van der Waals surface area contributed by atoms with E-state index in [1.54, 1.807) is 114 Å². The van der Waals surface area contributed by atoms with Crippen LogP contribution in [-0.4, -0.2) is 81.1 Å². The molecule has 0 saturated carbocycles. The molecule has 1 unspecified atom stereocenters. The third-order valence-electron chi connectivity index (χ3n) is 13.7. The van der Waals surface area contributed by atoms with Crippen molar-refractivity contribution < 1.29 is 14.2 Å². The second-order valence-corrected chi connectivity index (χ2v) is 23.1. The Bertz CT molecular complexity index is 3620. The lowest BCUT2D eigenvalue weighted by Crippen LogP contribution is -2.06. The quantitative estimate of drug-likeness (QED) is 0.0664. The number of aromatic nitrogens is 12. The van der Waals surface area contributed by atoms with Crippen LogP contribution in [0.3, 0.4) is 0 Å². The highest BCUT2D eigenvalue weighted by molar-refractivity contribution is 9.11. The Kier molecular flexibility index (Phi) is 24.2. The van der Waals surface area contributed by atoms with E-state index in [-0.39, 0.29) is 17.8 Å². The van der Waals surface area contributed by atoms with Crippen molar-refractivity contribution in [2.45, 2.75) is 59.3 Å². The molecular weight excluding hydrogens is 1360 g/mol. The molecule has 9 N–H and O–H groups in total. The van der Waals surface area contributed by atoms with Crippen LogP contribution in [0.15, 0.2) is 161 Å². The number of nitrogen functional groups attached to an aromatic ring is 3. The van der Waals surface area contributed by atoms with Gasteiger partial charge in [-0.2, -0.15) is 0 Å². The molecule has 3 aromatic carbocycles. The van der Waals surface area contributed by atoms with Gasteiger partial charge in [0.25, 0.3) is 0 Å². The third-order valence-corrected chi connectivity index (χ3v) is 16.1. The third kappa shape index (κ3) is 17.0. The molecule has 0 amide bonds. The second-order valence-electron chi connectivity index (χ2n) is 19.3. The van der Waals surface area contributed by atoms with E-state index >= 15 is 0 Å². The molecular formula is C63H63Br3Cl3N15O3. The summed E-state index contributed by atoms with van der Waals surface area (Å²) in [6.07, 6.45) is 20.0. The highest BCUT2D eigenvalue weighted by atomic mass is 79.9. The van der Waals surface area contributed by atoms with Crippen LogP contribution in [-0.2, 0) is 0 Å². The van der Waals surface area contributed by atoms with Gasteiger partial charge in [0.2, 0.25) is 0 Å². The molecule has 0 aliphatic rings. The molecule has 0 saturated heterocycles. The van der Waals surface area contributed by atoms with Crippen LogP contribution < -0.4 is 31.4 Å². The van der Waals surface area contributed by atoms with Crippen molar-refractivity contribution in [2.24, 2.45) is 0 Å². The summed E-state index contributed by atoms with van der Waals surface area (Å²) in [4.78, 5) is 48.2. The lowest BCUT2D eigenvalue weighted by Gasteiger charge is -2.21. The van der Waals surface area contributed by atoms with E-state index in [1.165, 1.54) is 0 Å². The Balaban J connectivity index is 0.000000186. The average molecular weight is 1420 g/mol. The van der Waals surface area contributed by atoms with Crippen molar-refractivity contribution >= 4 is 100 Å². The van der Waals surface area contributed by atoms with Gasteiger partial charge in [0.05, 0.1) is 35.1 Å². The van der Waals surface area contributed by atoms with Crippen molar-refractivity contribution in [3.63, 3.8) is 0 Å². The summed E-state index contributed by atoms with van der Waals surface area (Å²) < 4.78 is 19.5. The van der Waals surface area contributed by atoms with Crippen LogP contribution in [0.2, 0.25) is 15.1 Å². The molecule has 450 valence electrons. The molecule has 0 radical (unpaired) electrons. The lowest BCUT2D eigenvalue weighted by atomic mass is 9.91. The van der Waals surface area contributed by atoms with Crippen LogP contribution in [0.5, 0.6) is 17.2 Å². The number of nitrogens with zero attached hydrogens (tertiary/aromatic N) is 9. The fourth-order valence-corrected chi connectivity index (χ4v) is 11.3. The van der Waals surface area contributed by atoms with Crippen LogP contribution >= 0.6 is 82.6 Å². The van der Waals surface area contributed by atoms with Gasteiger partial charge >= 0.3 is 0 Å². The largest absolute Gasteiger partial charge is 0.496 e. The Morgan fingerprint density at radius 3 is 0.885 bits per heavy atom. The van der Waals surface area contributed by atoms with E-state index in [4.69, 9.17) is 66.2 Å². The summed E-state index contributed by atoms with van der Waals surface area (Å²) in [6, 6.07) is 22.4. The molecule has 6 heterocycles. The van der Waals surface area contributed by atoms with E-state index in [0.29, 0.717) is 63.8 Å². The average Bonchev–Trinajstić information content (AvgIpc) is 2.03. The Hall–Kier alpha value is -7.92. The minimum atomic E-state index is -0.164. The monoisotopic (exact) mass is 1420 g/mol. The normalized spacial score (nSPS) is 11.6. The number of anilines is 3. The fourth-order valence-electron chi connectivity index (χ4n) is 9.31. The van der Waals surface area contributed by atoms with Gasteiger partial charge in [-0.1, -0.05) is 73.8 Å². The molecule has 6 aromatic heterocycles. The predicted octanol–water partition coefficient (Wildman–Crippen LogP) is 16.4. The van der Waals surface area contributed by atoms with Gasteiger partial charge in [-0.25, -0.2) is 29.9 Å². The molecule has 0 fully saturated rings. The van der Waals surface area contributed by atoms with Gasteiger partial charge in [0.1, 0.15) is 52.2 Å². The van der Waals surface area contributed by atoms with Crippen LogP contribution in [0, 0.1) is 20.8 Å².